The van der Waals surface area contributed by atoms with E-state index >= 15 is 0 Å². The highest BCUT2D eigenvalue weighted by molar-refractivity contribution is 6.23. The van der Waals surface area contributed by atoms with E-state index in [-0.39, 0.29) is 0 Å². The molecule has 3 unspecified atom stereocenters. The smallest absolute Gasteiger partial charge is 0.0429 e. The molecule has 0 saturated heterocycles. The summed E-state index contributed by atoms with van der Waals surface area (Å²) >= 11 is 6.02. The van der Waals surface area contributed by atoms with Crippen LogP contribution in [-0.2, 0) is 0 Å². The predicted molar refractivity (Wildman–Crippen MR) is 41.5 cm³/mol. The maximum absolute atomic E-state index is 6.02. The molecule has 0 aliphatic heterocycles. The van der Waals surface area contributed by atoms with E-state index < -0.39 is 0 Å². The normalized spacial score (nSPS) is 44.7. The van der Waals surface area contributed by atoms with Crippen molar-refractivity contribution in [3.8, 4) is 0 Å². The molecule has 9 heavy (non-hydrogen) atoms. The maximum atomic E-state index is 6.02. The van der Waals surface area contributed by atoms with Crippen LogP contribution in [0.4, 0.5) is 0 Å². The zero-order chi connectivity index (χ0) is 7.02. The third-order valence-electron chi connectivity index (χ3n) is 2.60. The van der Waals surface area contributed by atoms with Crippen LogP contribution in [0.15, 0.2) is 0 Å². The fraction of sp³-hybridized carbons (Fsp3) is 0.875. The van der Waals surface area contributed by atoms with Crippen molar-refractivity contribution in [2.24, 2.45) is 11.8 Å². The molecule has 3 atom stereocenters. The molecule has 0 nitrogen and oxygen atoms in total. The minimum absolute atomic E-state index is 0.380. The molecule has 0 aromatic heterocycles. The van der Waals surface area contributed by atoms with Gasteiger partial charge < -0.3 is 0 Å². The van der Waals surface area contributed by atoms with Crippen molar-refractivity contribution >= 4 is 11.6 Å². The highest BCUT2D eigenvalue weighted by Gasteiger charge is 2.42. The van der Waals surface area contributed by atoms with Gasteiger partial charge in [-0.15, -0.1) is 11.6 Å². The lowest BCUT2D eigenvalue weighted by Crippen LogP contribution is -2.42. The number of hydrogen-bond acceptors (Lipinski definition) is 0. The molecule has 1 fully saturated rings. The summed E-state index contributed by atoms with van der Waals surface area (Å²) in [6.07, 6.45) is 1.17. The molecule has 0 heterocycles. The summed E-state index contributed by atoms with van der Waals surface area (Å²) in [6.45, 7) is 6.68. The first-order valence-electron chi connectivity index (χ1n) is 3.68. The topological polar surface area (TPSA) is 0 Å². The van der Waals surface area contributed by atoms with Gasteiger partial charge in [0, 0.05) is 5.38 Å². The summed E-state index contributed by atoms with van der Waals surface area (Å²) in [4.78, 5) is 0. The molecule has 0 spiro atoms. The molecule has 0 amide bonds. The van der Waals surface area contributed by atoms with Crippen LogP contribution in [0.5, 0.6) is 0 Å². The Morgan fingerprint density at radius 1 is 1.44 bits per heavy atom. The van der Waals surface area contributed by atoms with Crippen molar-refractivity contribution in [3.63, 3.8) is 0 Å². The van der Waals surface area contributed by atoms with E-state index in [2.05, 4.69) is 20.8 Å². The Hall–Kier alpha value is 0.290. The van der Waals surface area contributed by atoms with Crippen molar-refractivity contribution in [3.05, 3.63) is 5.92 Å². The van der Waals surface area contributed by atoms with E-state index in [9.17, 15) is 0 Å². The fourth-order valence-electron chi connectivity index (χ4n) is 1.58. The van der Waals surface area contributed by atoms with Crippen molar-refractivity contribution in [1.29, 1.82) is 0 Å². The molecule has 1 radical (unpaired) electrons. The van der Waals surface area contributed by atoms with Crippen molar-refractivity contribution in [2.45, 2.75) is 32.6 Å². The van der Waals surface area contributed by atoms with E-state index in [1.807, 2.05) is 0 Å². The highest BCUT2D eigenvalue weighted by Crippen LogP contribution is 2.47. The zero-order valence-electron chi connectivity index (χ0n) is 6.32. The van der Waals surface area contributed by atoms with Gasteiger partial charge in [0.25, 0.3) is 0 Å². The number of rotatable bonds is 1. The number of alkyl halides is 1. The van der Waals surface area contributed by atoms with Gasteiger partial charge >= 0.3 is 0 Å². The van der Waals surface area contributed by atoms with E-state index in [0.29, 0.717) is 11.3 Å². The lowest BCUT2D eigenvalue weighted by Gasteiger charge is -2.45. The van der Waals surface area contributed by atoms with Crippen LogP contribution in [0.1, 0.15) is 27.2 Å². The van der Waals surface area contributed by atoms with E-state index in [0.717, 1.165) is 5.92 Å². The molecule has 53 valence electrons. The molecule has 1 aliphatic carbocycles. The Balaban J connectivity index is 2.41. The minimum atomic E-state index is 0.380. The van der Waals surface area contributed by atoms with Crippen LogP contribution in [0.25, 0.3) is 0 Å². The monoisotopic (exact) mass is 145 g/mol. The summed E-state index contributed by atoms with van der Waals surface area (Å²) in [5.74, 6) is 3.03. The molecule has 0 aromatic carbocycles. The lowest BCUT2D eigenvalue weighted by molar-refractivity contribution is 0.256. The van der Waals surface area contributed by atoms with Crippen molar-refractivity contribution in [1.82, 2.24) is 0 Å². The van der Waals surface area contributed by atoms with Crippen LogP contribution < -0.4 is 0 Å². The lowest BCUT2D eigenvalue weighted by atomic mass is 9.65. The van der Waals surface area contributed by atoms with Gasteiger partial charge in [-0.2, -0.15) is 0 Å². The first-order valence-corrected chi connectivity index (χ1v) is 4.11. The minimum Gasteiger partial charge on any atom is -0.122 e. The summed E-state index contributed by atoms with van der Waals surface area (Å²) in [7, 11) is 0. The average Bonchev–Trinajstić information content (AvgIpc) is 1.89. The molecular formula is C8H14Cl. The quantitative estimate of drug-likeness (QED) is 0.498. The first kappa shape index (κ1) is 7.40. The number of halogens is 1. The second kappa shape index (κ2) is 2.49. The summed E-state index contributed by atoms with van der Waals surface area (Å²) in [5.41, 5.74) is 0. The van der Waals surface area contributed by atoms with Gasteiger partial charge in [0.2, 0.25) is 0 Å². The van der Waals surface area contributed by atoms with E-state index in [1.165, 1.54) is 6.42 Å². The SMILES string of the molecule is CC[C]1C(C)C(C)C1Cl. The third-order valence-corrected chi connectivity index (χ3v) is 3.28. The standard InChI is InChI=1S/C8H14Cl/c1-4-7-5(2)6(3)8(7)9/h5-6,8H,4H2,1-3H3. The molecule has 1 saturated carbocycles. The third kappa shape index (κ3) is 0.980. The first-order chi connectivity index (χ1) is 4.18. The van der Waals surface area contributed by atoms with Gasteiger partial charge in [0.05, 0.1) is 0 Å². The Kier molecular flexibility index (Phi) is 2.05. The Labute approximate surface area is 62.6 Å². The van der Waals surface area contributed by atoms with Crippen LogP contribution in [0.2, 0.25) is 0 Å². The van der Waals surface area contributed by atoms with Gasteiger partial charge in [-0.25, -0.2) is 0 Å². The second-order valence-electron chi connectivity index (χ2n) is 2.98. The predicted octanol–water partition coefficient (Wildman–Crippen LogP) is 2.86. The van der Waals surface area contributed by atoms with Crippen LogP contribution in [0.3, 0.4) is 0 Å². The van der Waals surface area contributed by atoms with Crippen LogP contribution in [-0.4, -0.2) is 5.38 Å². The van der Waals surface area contributed by atoms with Crippen molar-refractivity contribution < 1.29 is 0 Å². The highest BCUT2D eigenvalue weighted by atomic mass is 35.5. The van der Waals surface area contributed by atoms with Crippen LogP contribution >= 0.6 is 11.6 Å². The molecule has 1 heteroatoms. The Morgan fingerprint density at radius 2 is 2.00 bits per heavy atom. The Bertz CT molecular complexity index is 90.7. The number of hydrogen-bond donors (Lipinski definition) is 0. The zero-order valence-corrected chi connectivity index (χ0v) is 7.07. The molecule has 1 aliphatic rings. The fourth-order valence-corrected chi connectivity index (χ4v) is 2.15. The summed E-state index contributed by atoms with van der Waals surface area (Å²) < 4.78 is 0. The largest absolute Gasteiger partial charge is 0.122 e. The van der Waals surface area contributed by atoms with E-state index in [1.54, 1.807) is 5.92 Å². The molecule has 0 N–H and O–H groups in total. The average molecular weight is 146 g/mol. The second-order valence-corrected chi connectivity index (χ2v) is 3.45. The van der Waals surface area contributed by atoms with Gasteiger partial charge in [0.1, 0.15) is 0 Å². The molecule has 0 aromatic rings. The van der Waals surface area contributed by atoms with E-state index in [4.69, 9.17) is 11.6 Å². The van der Waals surface area contributed by atoms with Crippen LogP contribution in [0, 0.1) is 17.8 Å². The van der Waals surface area contributed by atoms with Gasteiger partial charge in [0.15, 0.2) is 0 Å². The van der Waals surface area contributed by atoms with Gasteiger partial charge in [-0.3, -0.25) is 0 Å². The Morgan fingerprint density at radius 3 is 2.22 bits per heavy atom. The van der Waals surface area contributed by atoms with Gasteiger partial charge in [-0.1, -0.05) is 20.8 Å². The molecule has 1 rings (SSSR count). The van der Waals surface area contributed by atoms with Crippen molar-refractivity contribution in [2.75, 3.05) is 0 Å². The maximum Gasteiger partial charge on any atom is 0.0429 e. The van der Waals surface area contributed by atoms with Gasteiger partial charge in [-0.05, 0) is 24.2 Å². The molecule has 0 bridgehead atoms. The molecular weight excluding hydrogens is 132 g/mol. The summed E-state index contributed by atoms with van der Waals surface area (Å²) in [5, 5.41) is 0.380. The summed E-state index contributed by atoms with van der Waals surface area (Å²) in [6, 6.07) is 0.